The molecular weight excluding hydrogens is 248 g/mol. The predicted octanol–water partition coefficient (Wildman–Crippen LogP) is 3.60. The molecule has 1 atom stereocenters. The normalized spacial score (nSPS) is 30.4. The predicted molar refractivity (Wildman–Crippen MR) is 71.3 cm³/mol. The average molecular weight is 273 g/mol. The molecule has 2 aliphatic rings. The molecule has 0 saturated heterocycles. The van der Waals surface area contributed by atoms with Gasteiger partial charge in [-0.1, -0.05) is 51.4 Å². The van der Waals surface area contributed by atoms with Gasteiger partial charge in [0.15, 0.2) is 0 Å². The Hall–Kier alpha value is -0.0900. The Labute approximate surface area is 111 Å². The van der Waals surface area contributed by atoms with Crippen molar-refractivity contribution >= 4 is 10.1 Å². The van der Waals surface area contributed by atoms with Crippen LogP contribution >= 0.6 is 0 Å². The fourth-order valence-corrected chi connectivity index (χ4v) is 5.50. The molecule has 0 radical (unpaired) electrons. The zero-order chi connectivity index (χ0) is 13.1. The van der Waals surface area contributed by atoms with Gasteiger partial charge in [-0.3, -0.25) is 0 Å². The SMILES string of the molecule is O=S(=O)([O-])C1CCCCCCCC12CCCCC2. The fourth-order valence-electron chi connectivity index (χ4n) is 4.08. The van der Waals surface area contributed by atoms with Gasteiger partial charge in [0.05, 0.1) is 15.4 Å². The van der Waals surface area contributed by atoms with Crippen LogP contribution < -0.4 is 0 Å². The van der Waals surface area contributed by atoms with E-state index in [2.05, 4.69) is 0 Å². The summed E-state index contributed by atoms with van der Waals surface area (Å²) in [5.74, 6) is 0. The molecule has 1 spiro atoms. The van der Waals surface area contributed by atoms with Gasteiger partial charge in [-0.05, 0) is 31.1 Å². The minimum Gasteiger partial charge on any atom is -0.748 e. The Balaban J connectivity index is 2.26. The van der Waals surface area contributed by atoms with Crippen LogP contribution in [-0.4, -0.2) is 18.2 Å². The molecule has 2 saturated carbocycles. The Morgan fingerprint density at radius 2 is 1.22 bits per heavy atom. The van der Waals surface area contributed by atoms with Gasteiger partial charge in [-0.15, -0.1) is 0 Å². The van der Waals surface area contributed by atoms with E-state index in [1.54, 1.807) is 0 Å². The summed E-state index contributed by atoms with van der Waals surface area (Å²) in [7, 11) is -4.14. The highest BCUT2D eigenvalue weighted by atomic mass is 32.2. The second kappa shape index (κ2) is 5.91. The van der Waals surface area contributed by atoms with Gasteiger partial charge >= 0.3 is 0 Å². The topological polar surface area (TPSA) is 57.2 Å². The molecule has 2 fully saturated rings. The summed E-state index contributed by atoms with van der Waals surface area (Å²) in [6, 6.07) is 0. The summed E-state index contributed by atoms with van der Waals surface area (Å²) in [5, 5.41) is -0.608. The van der Waals surface area contributed by atoms with Gasteiger partial charge < -0.3 is 4.55 Å². The smallest absolute Gasteiger partial charge is 0.0980 e. The Morgan fingerprint density at radius 1 is 0.778 bits per heavy atom. The van der Waals surface area contributed by atoms with Crippen LogP contribution in [0.15, 0.2) is 0 Å². The monoisotopic (exact) mass is 273 g/mol. The third kappa shape index (κ3) is 3.27. The molecule has 106 valence electrons. The number of rotatable bonds is 1. The van der Waals surface area contributed by atoms with Crippen molar-refractivity contribution in [3.63, 3.8) is 0 Å². The van der Waals surface area contributed by atoms with E-state index in [1.807, 2.05) is 0 Å². The largest absolute Gasteiger partial charge is 0.748 e. The van der Waals surface area contributed by atoms with Crippen molar-refractivity contribution in [1.82, 2.24) is 0 Å². The van der Waals surface area contributed by atoms with E-state index in [9.17, 15) is 13.0 Å². The standard InChI is InChI=1S/C14H26O3S/c15-18(16,17)13-9-5-2-1-3-6-10-14(13)11-7-4-8-12-14/h13H,1-12H2,(H,15,16,17)/p-1. The average Bonchev–Trinajstić information content (AvgIpc) is 2.40. The first-order valence-corrected chi connectivity index (χ1v) is 8.96. The highest BCUT2D eigenvalue weighted by molar-refractivity contribution is 7.86. The molecule has 2 rings (SSSR count). The molecule has 18 heavy (non-hydrogen) atoms. The minimum absolute atomic E-state index is 0.177. The molecule has 0 aromatic heterocycles. The molecule has 0 aromatic rings. The summed E-state index contributed by atoms with van der Waals surface area (Å²) < 4.78 is 35.0. The van der Waals surface area contributed by atoms with Crippen molar-refractivity contribution in [1.29, 1.82) is 0 Å². The molecule has 0 aromatic carbocycles. The summed E-state index contributed by atoms with van der Waals surface area (Å²) in [6.45, 7) is 0. The lowest BCUT2D eigenvalue weighted by atomic mass is 9.68. The summed E-state index contributed by atoms with van der Waals surface area (Å²) in [6.07, 6.45) is 12.4. The summed E-state index contributed by atoms with van der Waals surface area (Å²) >= 11 is 0. The molecular formula is C14H25O3S-. The van der Waals surface area contributed by atoms with Crippen molar-refractivity contribution in [3.8, 4) is 0 Å². The molecule has 2 aliphatic carbocycles. The number of hydrogen-bond acceptors (Lipinski definition) is 3. The van der Waals surface area contributed by atoms with E-state index in [0.717, 1.165) is 51.4 Å². The second-order valence-electron chi connectivity index (χ2n) is 6.21. The van der Waals surface area contributed by atoms with Crippen LogP contribution in [0.1, 0.15) is 77.0 Å². The van der Waals surface area contributed by atoms with E-state index in [0.29, 0.717) is 6.42 Å². The maximum absolute atomic E-state index is 11.7. The fraction of sp³-hybridized carbons (Fsp3) is 1.00. The molecule has 0 bridgehead atoms. The molecule has 3 nitrogen and oxygen atoms in total. The van der Waals surface area contributed by atoms with Crippen LogP contribution in [-0.2, 0) is 10.1 Å². The molecule has 4 heteroatoms. The van der Waals surface area contributed by atoms with Gasteiger partial charge in [0.2, 0.25) is 0 Å². The van der Waals surface area contributed by atoms with Crippen molar-refractivity contribution in [2.24, 2.45) is 5.41 Å². The maximum Gasteiger partial charge on any atom is 0.0980 e. The van der Waals surface area contributed by atoms with Crippen LogP contribution in [0.2, 0.25) is 0 Å². The van der Waals surface area contributed by atoms with E-state index >= 15 is 0 Å². The van der Waals surface area contributed by atoms with Crippen LogP contribution in [0.4, 0.5) is 0 Å². The first-order chi connectivity index (χ1) is 8.55. The lowest BCUT2D eigenvalue weighted by Gasteiger charge is -2.44. The van der Waals surface area contributed by atoms with Crippen molar-refractivity contribution in [2.75, 3.05) is 0 Å². The second-order valence-corrected chi connectivity index (χ2v) is 7.77. The lowest BCUT2D eigenvalue weighted by molar-refractivity contribution is 0.149. The van der Waals surface area contributed by atoms with Crippen molar-refractivity contribution in [3.05, 3.63) is 0 Å². The van der Waals surface area contributed by atoms with E-state index in [1.165, 1.54) is 19.3 Å². The van der Waals surface area contributed by atoms with Crippen LogP contribution in [0.25, 0.3) is 0 Å². The molecule has 0 N–H and O–H groups in total. The van der Waals surface area contributed by atoms with Crippen molar-refractivity contribution in [2.45, 2.75) is 82.3 Å². The van der Waals surface area contributed by atoms with Crippen LogP contribution in [0, 0.1) is 5.41 Å². The zero-order valence-corrected chi connectivity index (χ0v) is 12.0. The highest BCUT2D eigenvalue weighted by Crippen LogP contribution is 2.48. The molecule has 0 amide bonds. The maximum atomic E-state index is 11.7. The Morgan fingerprint density at radius 3 is 1.78 bits per heavy atom. The van der Waals surface area contributed by atoms with E-state index < -0.39 is 15.4 Å². The van der Waals surface area contributed by atoms with Crippen LogP contribution in [0.3, 0.4) is 0 Å². The van der Waals surface area contributed by atoms with E-state index in [-0.39, 0.29) is 5.41 Å². The molecule has 1 unspecified atom stereocenters. The molecule has 0 aliphatic heterocycles. The minimum atomic E-state index is -4.14. The van der Waals surface area contributed by atoms with Gasteiger partial charge in [0.25, 0.3) is 0 Å². The quantitative estimate of drug-likeness (QED) is 0.686. The third-order valence-corrected chi connectivity index (χ3v) is 6.45. The molecule has 0 heterocycles. The van der Waals surface area contributed by atoms with Gasteiger partial charge in [0, 0.05) is 0 Å². The zero-order valence-electron chi connectivity index (χ0n) is 11.2. The first kappa shape index (κ1) is 14.3. The van der Waals surface area contributed by atoms with Gasteiger partial charge in [0.1, 0.15) is 0 Å². The van der Waals surface area contributed by atoms with E-state index in [4.69, 9.17) is 0 Å². The highest BCUT2D eigenvalue weighted by Gasteiger charge is 2.42. The Bertz CT molecular complexity index is 355. The lowest BCUT2D eigenvalue weighted by Crippen LogP contribution is -2.42. The van der Waals surface area contributed by atoms with Crippen molar-refractivity contribution < 1.29 is 13.0 Å². The summed E-state index contributed by atoms with van der Waals surface area (Å²) in [5.41, 5.74) is -0.177. The van der Waals surface area contributed by atoms with Gasteiger partial charge in [-0.25, -0.2) is 8.42 Å². The van der Waals surface area contributed by atoms with Gasteiger partial charge in [-0.2, -0.15) is 0 Å². The van der Waals surface area contributed by atoms with Crippen LogP contribution in [0.5, 0.6) is 0 Å². The number of hydrogen-bond donors (Lipinski definition) is 0. The third-order valence-electron chi connectivity index (χ3n) is 5.02. The summed E-state index contributed by atoms with van der Waals surface area (Å²) in [4.78, 5) is 0. The Kier molecular flexibility index (Phi) is 4.70. The first-order valence-electron chi connectivity index (χ1n) is 7.49.